The van der Waals surface area contributed by atoms with E-state index in [0.717, 1.165) is 12.8 Å². The van der Waals surface area contributed by atoms with Gasteiger partial charge in [-0.2, -0.15) is 4.31 Å². The largest absolute Gasteiger partial charge is 0.487 e. The highest BCUT2D eigenvalue weighted by molar-refractivity contribution is 7.89. The summed E-state index contributed by atoms with van der Waals surface area (Å²) in [5.74, 6) is 5.21. The Labute approximate surface area is 235 Å². The maximum absolute atomic E-state index is 13.7. The van der Waals surface area contributed by atoms with Gasteiger partial charge in [0.1, 0.15) is 28.2 Å². The number of rotatable bonds is 5. The van der Waals surface area contributed by atoms with Crippen molar-refractivity contribution in [3.05, 3.63) is 53.8 Å². The number of halogens is 1. The quantitative estimate of drug-likeness (QED) is 0.472. The van der Waals surface area contributed by atoms with Crippen LogP contribution < -0.4 is 10.1 Å². The number of fused-ring (bicyclic) bond motifs is 1. The molecule has 2 aromatic rings. The maximum Gasteiger partial charge on any atom is 0.321 e. The molecule has 1 saturated carbocycles. The summed E-state index contributed by atoms with van der Waals surface area (Å²) in [5.41, 5.74) is -0.135. The van der Waals surface area contributed by atoms with Crippen LogP contribution >= 0.6 is 0 Å². The van der Waals surface area contributed by atoms with Gasteiger partial charge in [0.15, 0.2) is 0 Å². The van der Waals surface area contributed by atoms with Gasteiger partial charge in [-0.3, -0.25) is 0 Å². The van der Waals surface area contributed by atoms with E-state index in [1.54, 1.807) is 26.1 Å². The van der Waals surface area contributed by atoms with Gasteiger partial charge in [0.2, 0.25) is 10.0 Å². The molecule has 0 saturated heterocycles. The van der Waals surface area contributed by atoms with Crippen LogP contribution in [0.15, 0.2) is 47.4 Å². The summed E-state index contributed by atoms with van der Waals surface area (Å²) in [6.07, 6.45) is 2.37. The highest BCUT2D eigenvalue weighted by atomic mass is 32.2. The number of benzene rings is 2. The van der Waals surface area contributed by atoms with E-state index in [1.807, 2.05) is 6.92 Å². The van der Waals surface area contributed by atoms with Crippen LogP contribution in [0, 0.1) is 23.6 Å². The fraction of sp³-hybridized carbons (Fsp3) is 0.483. The van der Waals surface area contributed by atoms with Crippen LogP contribution in [0.3, 0.4) is 0 Å². The van der Waals surface area contributed by atoms with Crippen LogP contribution in [-0.2, 0) is 10.0 Å². The van der Waals surface area contributed by atoms with Crippen LogP contribution in [0.5, 0.6) is 5.75 Å². The molecule has 216 valence electrons. The first-order valence-electron chi connectivity index (χ1n) is 13.4. The van der Waals surface area contributed by atoms with Crippen molar-refractivity contribution in [2.75, 3.05) is 32.1 Å². The summed E-state index contributed by atoms with van der Waals surface area (Å²) in [5, 5.41) is 23.2. The second-order valence-electron chi connectivity index (χ2n) is 10.7. The Kier molecular flexibility index (Phi) is 9.05. The molecular weight excluding hydrogens is 537 g/mol. The molecule has 2 aromatic carbocycles. The number of sulfonamides is 1. The zero-order chi connectivity index (χ0) is 29.1. The van der Waals surface area contributed by atoms with Crippen molar-refractivity contribution >= 4 is 21.7 Å². The van der Waals surface area contributed by atoms with E-state index in [-0.39, 0.29) is 36.3 Å². The number of anilines is 1. The fourth-order valence-corrected chi connectivity index (χ4v) is 6.73. The lowest BCUT2D eigenvalue weighted by molar-refractivity contribution is 0.0830. The maximum atomic E-state index is 13.7. The van der Waals surface area contributed by atoms with Crippen LogP contribution in [0.25, 0.3) is 0 Å². The highest BCUT2D eigenvalue weighted by Crippen LogP contribution is 2.34. The zero-order valence-electron chi connectivity index (χ0n) is 22.9. The third-order valence-electron chi connectivity index (χ3n) is 7.43. The number of likely N-dealkylation sites (N-methyl/N-ethyl adjacent to an activating group) is 1. The van der Waals surface area contributed by atoms with Gasteiger partial charge < -0.3 is 25.2 Å². The lowest BCUT2D eigenvalue weighted by Gasteiger charge is -2.37. The third-order valence-corrected chi connectivity index (χ3v) is 9.45. The fourth-order valence-electron chi connectivity index (χ4n) is 4.90. The van der Waals surface area contributed by atoms with Gasteiger partial charge in [0.05, 0.1) is 13.2 Å². The molecule has 0 spiro atoms. The molecule has 2 aliphatic rings. The van der Waals surface area contributed by atoms with Gasteiger partial charge in [-0.15, -0.1) is 0 Å². The summed E-state index contributed by atoms with van der Waals surface area (Å²) < 4.78 is 48.2. The van der Waals surface area contributed by atoms with Crippen molar-refractivity contribution < 1.29 is 32.6 Å². The summed E-state index contributed by atoms with van der Waals surface area (Å²) in [6, 6.07) is 8.83. The first-order valence-corrected chi connectivity index (χ1v) is 14.8. The minimum Gasteiger partial charge on any atom is -0.487 e. The number of hydrogen-bond acceptors (Lipinski definition) is 6. The molecule has 4 rings (SSSR count). The Balaban J connectivity index is 1.65. The summed E-state index contributed by atoms with van der Waals surface area (Å²) in [7, 11) is -2.44. The van der Waals surface area contributed by atoms with Crippen LogP contribution in [0.2, 0.25) is 0 Å². The number of urea groups is 1. The van der Waals surface area contributed by atoms with Crippen molar-refractivity contribution in [3.63, 3.8) is 0 Å². The van der Waals surface area contributed by atoms with Gasteiger partial charge in [0.25, 0.3) is 0 Å². The molecule has 9 nitrogen and oxygen atoms in total. The van der Waals surface area contributed by atoms with Crippen LogP contribution in [0.1, 0.15) is 45.1 Å². The van der Waals surface area contributed by atoms with E-state index in [2.05, 4.69) is 17.2 Å². The molecule has 1 aliphatic carbocycles. The van der Waals surface area contributed by atoms with Crippen LogP contribution in [0.4, 0.5) is 14.9 Å². The number of nitrogens with zero attached hydrogens (tertiary/aromatic N) is 2. The summed E-state index contributed by atoms with van der Waals surface area (Å²) >= 11 is 0. The average Bonchev–Trinajstić information content (AvgIpc) is 3.36. The Bertz CT molecular complexity index is 1380. The number of ether oxygens (including phenoxy) is 1. The van der Waals surface area contributed by atoms with E-state index in [1.165, 1.54) is 39.5 Å². The monoisotopic (exact) mass is 573 g/mol. The zero-order valence-corrected chi connectivity index (χ0v) is 23.7. The van der Waals surface area contributed by atoms with E-state index in [4.69, 9.17) is 4.74 Å². The molecule has 0 unspecified atom stereocenters. The Morgan fingerprint density at radius 3 is 2.58 bits per heavy atom. The van der Waals surface area contributed by atoms with Gasteiger partial charge in [-0.05, 0) is 75.1 Å². The van der Waals surface area contributed by atoms with Gasteiger partial charge in [-0.1, -0.05) is 18.8 Å². The van der Waals surface area contributed by atoms with Gasteiger partial charge in [0, 0.05) is 36.8 Å². The molecule has 3 N–H and O–H groups in total. The molecule has 0 bridgehead atoms. The molecule has 11 heteroatoms. The lowest BCUT2D eigenvalue weighted by atomic mass is 10.0. The number of nitrogens with one attached hydrogen (secondary N) is 1. The second-order valence-corrected chi connectivity index (χ2v) is 12.6. The van der Waals surface area contributed by atoms with Gasteiger partial charge >= 0.3 is 6.03 Å². The summed E-state index contributed by atoms with van der Waals surface area (Å²) in [4.78, 5) is 14.2. The molecule has 40 heavy (non-hydrogen) atoms. The third kappa shape index (κ3) is 6.75. The van der Waals surface area contributed by atoms with Crippen molar-refractivity contribution in [1.82, 2.24) is 9.21 Å². The number of hydrogen-bond donors (Lipinski definition) is 3. The molecule has 2 amide bonds. The predicted octanol–water partition coefficient (Wildman–Crippen LogP) is 3.41. The van der Waals surface area contributed by atoms with E-state index in [0.29, 0.717) is 24.1 Å². The van der Waals surface area contributed by atoms with Crippen LogP contribution in [-0.4, -0.2) is 78.4 Å². The van der Waals surface area contributed by atoms with Crippen molar-refractivity contribution in [1.29, 1.82) is 0 Å². The normalized spacial score (nSPS) is 22.4. The number of aliphatic hydroxyl groups excluding tert-OH is 1. The lowest BCUT2D eigenvalue weighted by Crippen LogP contribution is -2.50. The molecule has 1 aliphatic heterocycles. The topological polar surface area (TPSA) is 119 Å². The van der Waals surface area contributed by atoms with Crippen molar-refractivity contribution in [2.24, 2.45) is 5.92 Å². The number of carbonyl (C=O) groups excluding carboxylic acids is 1. The minimum atomic E-state index is -4.03. The molecule has 0 aromatic heterocycles. The average molecular weight is 574 g/mol. The van der Waals surface area contributed by atoms with Gasteiger partial charge in [-0.25, -0.2) is 17.6 Å². The minimum absolute atomic E-state index is 0.0618. The highest BCUT2D eigenvalue weighted by Gasteiger charge is 2.38. The predicted molar refractivity (Wildman–Crippen MR) is 149 cm³/mol. The first-order chi connectivity index (χ1) is 18.9. The molecule has 3 atom stereocenters. The van der Waals surface area contributed by atoms with E-state index < -0.39 is 39.6 Å². The van der Waals surface area contributed by atoms with E-state index >= 15 is 0 Å². The standard InChI is InChI=1S/C29H36FN3O6S/c1-20-17-33(21(2)19-34)40(37,38)27-11-6-22(12-15-29(36)13-4-5-14-29)16-25(27)39-26(20)18-32(3)28(35)31-24-9-7-23(30)8-10-24/h6-11,16,20-21,26,34,36H,4-5,13-14,17-19H2,1-3H3,(H,31,35)/t20-,21-,26+/m1/s1. The van der Waals surface area contributed by atoms with Crippen molar-refractivity contribution in [2.45, 2.75) is 62.2 Å². The number of aliphatic hydroxyl groups is 2. The molecule has 1 fully saturated rings. The molecule has 1 heterocycles. The number of amides is 2. The first kappa shape index (κ1) is 29.8. The van der Waals surface area contributed by atoms with E-state index in [9.17, 15) is 27.8 Å². The SMILES string of the molecule is C[C@@H]1CN([C@H](C)CO)S(=O)(=O)c2ccc(C#CC3(O)CCCC3)cc2O[C@H]1CN(C)C(=O)Nc1ccc(F)cc1. The number of carbonyl (C=O) groups is 1. The Hall–Kier alpha value is -3.17. The Morgan fingerprint density at radius 2 is 1.93 bits per heavy atom. The molecule has 0 radical (unpaired) electrons. The summed E-state index contributed by atoms with van der Waals surface area (Å²) in [6.45, 7) is 3.27. The second kappa shape index (κ2) is 12.1. The Morgan fingerprint density at radius 1 is 1.25 bits per heavy atom. The smallest absolute Gasteiger partial charge is 0.321 e. The molecular formula is C29H36FN3O6S. The van der Waals surface area contributed by atoms with Crippen molar-refractivity contribution in [3.8, 4) is 17.6 Å².